The number of carbonyl (C=O) groups is 1. The molecule has 1 atom stereocenters. The van der Waals surface area contributed by atoms with Gasteiger partial charge in [0.15, 0.2) is 0 Å². The van der Waals surface area contributed by atoms with E-state index in [1.165, 1.54) is 0 Å². The van der Waals surface area contributed by atoms with E-state index >= 15 is 0 Å². The van der Waals surface area contributed by atoms with Crippen molar-refractivity contribution in [1.82, 2.24) is 5.32 Å². The zero-order chi connectivity index (χ0) is 7.82. The minimum Gasteiger partial charge on any atom is -0.382 e. The lowest BCUT2D eigenvalue weighted by atomic mass is 10.4. The fourth-order valence-corrected chi connectivity index (χ4v) is 0.576. The van der Waals surface area contributed by atoms with Crippen LogP contribution in [0.2, 0.25) is 0 Å². The van der Waals surface area contributed by atoms with Crippen LogP contribution in [0.1, 0.15) is 0 Å². The van der Waals surface area contributed by atoms with E-state index in [9.17, 15) is 4.79 Å². The highest BCUT2D eigenvalue weighted by atomic mass is 16.5. The zero-order valence-corrected chi connectivity index (χ0v) is 6.29. The third-order valence-electron chi connectivity index (χ3n) is 1.11. The van der Waals surface area contributed by atoms with Crippen LogP contribution in [0.3, 0.4) is 0 Å². The van der Waals surface area contributed by atoms with Crippen molar-refractivity contribution in [3.63, 3.8) is 0 Å². The summed E-state index contributed by atoms with van der Waals surface area (Å²) >= 11 is 0. The van der Waals surface area contributed by atoms with E-state index in [4.69, 9.17) is 9.47 Å². The largest absolute Gasteiger partial charge is 0.382 e. The quantitative estimate of drug-likeness (QED) is 0.510. The van der Waals surface area contributed by atoms with Gasteiger partial charge in [0.05, 0.1) is 12.7 Å². The molecule has 10 heavy (non-hydrogen) atoms. The van der Waals surface area contributed by atoms with Crippen LogP contribution in [0.25, 0.3) is 0 Å². The second-order valence-corrected chi connectivity index (χ2v) is 1.84. The van der Waals surface area contributed by atoms with Crippen molar-refractivity contribution in [3.8, 4) is 0 Å². The molecule has 0 saturated heterocycles. The van der Waals surface area contributed by atoms with Crippen molar-refractivity contribution in [3.05, 3.63) is 0 Å². The summed E-state index contributed by atoms with van der Waals surface area (Å²) in [6, 6.07) is 0. The second kappa shape index (κ2) is 6.51. The second-order valence-electron chi connectivity index (χ2n) is 1.84. The first-order valence-corrected chi connectivity index (χ1v) is 3.04. The number of rotatable bonds is 6. The highest BCUT2D eigenvalue weighted by Crippen LogP contribution is 1.86. The van der Waals surface area contributed by atoms with Gasteiger partial charge in [0.25, 0.3) is 0 Å². The Bertz CT molecular complexity index is 87.1. The molecule has 0 aliphatic carbocycles. The number of carbonyl (C=O) groups excluding carboxylic acids is 1. The Balaban J connectivity index is 3.29. The van der Waals surface area contributed by atoms with Gasteiger partial charge in [-0.25, -0.2) is 0 Å². The van der Waals surface area contributed by atoms with Crippen LogP contribution in [0.15, 0.2) is 0 Å². The Hall–Kier alpha value is -0.610. The molecule has 4 nitrogen and oxygen atoms in total. The van der Waals surface area contributed by atoms with E-state index < -0.39 is 0 Å². The molecule has 1 unspecified atom stereocenters. The van der Waals surface area contributed by atoms with Crippen molar-refractivity contribution >= 4 is 6.41 Å². The number of ether oxygens (including phenoxy) is 2. The Labute approximate surface area is 60.5 Å². The molecule has 1 N–H and O–H groups in total. The molecule has 0 heterocycles. The first-order chi connectivity index (χ1) is 4.85. The van der Waals surface area contributed by atoms with Crippen molar-refractivity contribution < 1.29 is 14.3 Å². The molecule has 0 aliphatic rings. The van der Waals surface area contributed by atoms with Crippen LogP contribution < -0.4 is 5.32 Å². The highest BCUT2D eigenvalue weighted by Gasteiger charge is 2.03. The highest BCUT2D eigenvalue weighted by molar-refractivity contribution is 5.45. The first-order valence-electron chi connectivity index (χ1n) is 3.04. The molecule has 0 aromatic heterocycles. The first kappa shape index (κ1) is 9.39. The van der Waals surface area contributed by atoms with Crippen LogP contribution >= 0.6 is 0 Å². The molecule has 0 aromatic rings. The SMILES string of the molecule is COCC(CNC=O)OC. The topological polar surface area (TPSA) is 47.6 Å². The molecule has 0 aliphatic heterocycles. The summed E-state index contributed by atoms with van der Waals surface area (Å²) in [6.45, 7) is 0.991. The zero-order valence-electron chi connectivity index (χ0n) is 6.29. The van der Waals surface area contributed by atoms with Crippen molar-refractivity contribution in [2.75, 3.05) is 27.4 Å². The Kier molecular flexibility index (Phi) is 6.11. The summed E-state index contributed by atoms with van der Waals surface area (Å²) < 4.78 is 9.76. The van der Waals surface area contributed by atoms with Crippen LogP contribution in [0.5, 0.6) is 0 Å². The summed E-state index contributed by atoms with van der Waals surface area (Å²) in [5.41, 5.74) is 0. The Morgan fingerprint density at radius 3 is 2.70 bits per heavy atom. The van der Waals surface area contributed by atoms with E-state index in [2.05, 4.69) is 5.32 Å². The normalized spacial score (nSPS) is 12.6. The van der Waals surface area contributed by atoms with Gasteiger partial charge < -0.3 is 14.8 Å². The van der Waals surface area contributed by atoms with Gasteiger partial charge in [0, 0.05) is 20.8 Å². The van der Waals surface area contributed by atoms with Gasteiger partial charge in [-0.2, -0.15) is 0 Å². The van der Waals surface area contributed by atoms with Crippen LogP contribution in [-0.2, 0) is 14.3 Å². The number of methoxy groups -OCH3 is 2. The fourth-order valence-electron chi connectivity index (χ4n) is 0.576. The van der Waals surface area contributed by atoms with E-state index in [0.29, 0.717) is 19.6 Å². The summed E-state index contributed by atoms with van der Waals surface area (Å²) in [7, 11) is 3.17. The molecule has 0 spiro atoms. The molecule has 0 rings (SSSR count). The standard InChI is InChI=1S/C6H13NO3/c1-9-4-6(10-2)3-7-5-8/h5-6H,3-4H2,1-2H3,(H,7,8). The molecular formula is C6H13NO3. The monoisotopic (exact) mass is 147 g/mol. The molecule has 0 bridgehead atoms. The predicted octanol–water partition coefficient (Wildman–Crippen LogP) is -0.606. The summed E-state index contributed by atoms with van der Waals surface area (Å²) in [5, 5.41) is 2.50. The molecule has 0 fully saturated rings. The van der Waals surface area contributed by atoms with Gasteiger partial charge in [-0.1, -0.05) is 0 Å². The van der Waals surface area contributed by atoms with E-state index in [0.717, 1.165) is 0 Å². The van der Waals surface area contributed by atoms with Gasteiger partial charge in [-0.3, -0.25) is 4.79 Å². The van der Waals surface area contributed by atoms with Crippen LogP contribution in [-0.4, -0.2) is 39.9 Å². The summed E-state index contributed by atoms with van der Waals surface area (Å²) in [4.78, 5) is 9.82. The minimum absolute atomic E-state index is 0.0461. The maximum Gasteiger partial charge on any atom is 0.207 e. The summed E-state index contributed by atoms with van der Waals surface area (Å²) in [5.74, 6) is 0. The minimum atomic E-state index is -0.0461. The van der Waals surface area contributed by atoms with Gasteiger partial charge in [-0.05, 0) is 0 Å². The van der Waals surface area contributed by atoms with E-state index in [-0.39, 0.29) is 6.10 Å². The Morgan fingerprint density at radius 1 is 1.60 bits per heavy atom. The molecular weight excluding hydrogens is 134 g/mol. The molecule has 0 radical (unpaired) electrons. The fraction of sp³-hybridized carbons (Fsp3) is 0.833. The molecule has 60 valence electrons. The van der Waals surface area contributed by atoms with Gasteiger partial charge in [0.2, 0.25) is 6.41 Å². The Morgan fingerprint density at radius 2 is 2.30 bits per heavy atom. The molecule has 1 amide bonds. The van der Waals surface area contributed by atoms with E-state index in [1.54, 1.807) is 14.2 Å². The lowest BCUT2D eigenvalue weighted by molar-refractivity contribution is -0.110. The number of hydrogen-bond donors (Lipinski definition) is 1. The van der Waals surface area contributed by atoms with E-state index in [1.807, 2.05) is 0 Å². The predicted molar refractivity (Wildman–Crippen MR) is 36.7 cm³/mol. The lowest BCUT2D eigenvalue weighted by Gasteiger charge is -2.12. The van der Waals surface area contributed by atoms with Crippen molar-refractivity contribution in [2.45, 2.75) is 6.10 Å². The van der Waals surface area contributed by atoms with Gasteiger partial charge in [0.1, 0.15) is 0 Å². The van der Waals surface area contributed by atoms with Crippen molar-refractivity contribution in [1.29, 1.82) is 0 Å². The maximum absolute atomic E-state index is 9.82. The maximum atomic E-state index is 9.82. The number of amides is 1. The third kappa shape index (κ3) is 4.29. The smallest absolute Gasteiger partial charge is 0.207 e. The van der Waals surface area contributed by atoms with Crippen LogP contribution in [0, 0.1) is 0 Å². The third-order valence-corrected chi connectivity index (χ3v) is 1.11. The number of nitrogens with one attached hydrogen (secondary N) is 1. The average Bonchev–Trinajstić information content (AvgIpc) is 1.98. The van der Waals surface area contributed by atoms with Gasteiger partial charge >= 0.3 is 0 Å². The van der Waals surface area contributed by atoms with Crippen molar-refractivity contribution in [2.24, 2.45) is 0 Å². The van der Waals surface area contributed by atoms with Crippen LogP contribution in [0.4, 0.5) is 0 Å². The molecule has 0 saturated carbocycles. The lowest BCUT2D eigenvalue weighted by Crippen LogP contribution is -2.30. The number of hydrogen-bond acceptors (Lipinski definition) is 3. The summed E-state index contributed by atoms with van der Waals surface area (Å²) in [6.07, 6.45) is 0.594. The molecule has 0 aromatic carbocycles. The molecule has 4 heteroatoms. The average molecular weight is 147 g/mol. The van der Waals surface area contributed by atoms with Gasteiger partial charge in [-0.15, -0.1) is 0 Å².